The number of pyridine rings is 1. The molecule has 0 amide bonds. The Kier molecular flexibility index (Phi) is 3.82. The van der Waals surface area contributed by atoms with E-state index in [4.69, 9.17) is 18.8 Å². The minimum atomic E-state index is -0.396. The van der Waals surface area contributed by atoms with E-state index in [0.29, 0.717) is 19.8 Å². The molecule has 3 rings (SSSR count). The van der Waals surface area contributed by atoms with Crippen molar-refractivity contribution < 1.29 is 18.8 Å². The summed E-state index contributed by atoms with van der Waals surface area (Å²) in [4.78, 5) is 4.30. The zero-order valence-electron chi connectivity index (χ0n) is 13.1. The third-order valence-electron chi connectivity index (χ3n) is 4.49. The molecule has 1 aromatic rings. The van der Waals surface area contributed by atoms with Crippen LogP contribution < -0.4 is 5.46 Å². The molecule has 0 radical (unpaired) electrons. The lowest BCUT2D eigenvalue weighted by molar-refractivity contribution is -0.0902. The molecule has 0 aromatic carbocycles. The van der Waals surface area contributed by atoms with Crippen molar-refractivity contribution in [3.05, 3.63) is 24.0 Å². The van der Waals surface area contributed by atoms with E-state index in [1.165, 1.54) is 0 Å². The first-order valence-corrected chi connectivity index (χ1v) is 7.39. The smallest absolute Gasteiger partial charge is 0.399 e. The number of hydrogen-bond acceptors (Lipinski definition) is 5. The Hall–Kier alpha value is -0.945. The van der Waals surface area contributed by atoms with Gasteiger partial charge in [0.15, 0.2) is 0 Å². The Morgan fingerprint density at radius 3 is 2.43 bits per heavy atom. The summed E-state index contributed by atoms with van der Waals surface area (Å²) in [5.41, 5.74) is 1.22. The summed E-state index contributed by atoms with van der Waals surface area (Å²) in [5, 5.41) is 0. The molecule has 0 bridgehead atoms. The van der Waals surface area contributed by atoms with Crippen LogP contribution in [0.1, 0.15) is 39.4 Å². The second-order valence-electron chi connectivity index (χ2n) is 6.57. The van der Waals surface area contributed by atoms with E-state index < -0.39 is 7.12 Å². The number of aromatic nitrogens is 1. The van der Waals surface area contributed by atoms with Gasteiger partial charge in [0.2, 0.25) is 0 Å². The molecule has 0 aliphatic carbocycles. The summed E-state index contributed by atoms with van der Waals surface area (Å²) >= 11 is 0. The molecule has 1 unspecified atom stereocenters. The maximum Gasteiger partial charge on any atom is 0.496 e. The van der Waals surface area contributed by atoms with Gasteiger partial charge in [0, 0.05) is 23.4 Å². The lowest BCUT2D eigenvalue weighted by atomic mass is 9.79. The van der Waals surface area contributed by atoms with Crippen molar-refractivity contribution in [1.82, 2.24) is 4.98 Å². The Labute approximate surface area is 126 Å². The van der Waals surface area contributed by atoms with Gasteiger partial charge < -0.3 is 18.8 Å². The third-order valence-corrected chi connectivity index (χ3v) is 4.49. The molecule has 21 heavy (non-hydrogen) atoms. The second kappa shape index (κ2) is 5.36. The Morgan fingerprint density at radius 2 is 1.81 bits per heavy atom. The first-order valence-electron chi connectivity index (χ1n) is 7.39. The Bertz CT molecular complexity index is 498. The topological polar surface area (TPSA) is 49.8 Å². The van der Waals surface area contributed by atoms with Crippen molar-refractivity contribution in [3.8, 4) is 0 Å². The van der Waals surface area contributed by atoms with Crippen LogP contribution in [0.5, 0.6) is 0 Å². The van der Waals surface area contributed by atoms with Gasteiger partial charge in [0.25, 0.3) is 0 Å². The van der Waals surface area contributed by atoms with Crippen LogP contribution in [-0.2, 0) is 18.8 Å². The predicted octanol–water partition coefficient (Wildman–Crippen LogP) is 1.47. The number of rotatable bonds is 2. The molecule has 2 aliphatic heterocycles. The van der Waals surface area contributed by atoms with Crippen LogP contribution in [0, 0.1) is 0 Å². The molecule has 0 spiro atoms. The highest BCUT2D eigenvalue weighted by Crippen LogP contribution is 2.36. The zero-order valence-corrected chi connectivity index (χ0v) is 13.1. The average molecular weight is 291 g/mol. The van der Waals surface area contributed by atoms with E-state index in [9.17, 15) is 0 Å². The van der Waals surface area contributed by atoms with Gasteiger partial charge in [-0.1, -0.05) is 6.07 Å². The third kappa shape index (κ3) is 2.86. The molecule has 5 nitrogen and oxygen atoms in total. The molecule has 0 N–H and O–H groups in total. The molecule has 2 fully saturated rings. The quantitative estimate of drug-likeness (QED) is 0.772. The fourth-order valence-corrected chi connectivity index (χ4v) is 2.44. The van der Waals surface area contributed by atoms with E-state index in [-0.39, 0.29) is 17.3 Å². The summed E-state index contributed by atoms with van der Waals surface area (Å²) < 4.78 is 23.3. The molecule has 6 heteroatoms. The number of ether oxygens (including phenoxy) is 2. The highest BCUT2D eigenvalue weighted by molar-refractivity contribution is 6.62. The lowest BCUT2D eigenvalue weighted by Crippen LogP contribution is -2.41. The van der Waals surface area contributed by atoms with Crippen molar-refractivity contribution in [2.45, 2.75) is 45.0 Å². The highest BCUT2D eigenvalue weighted by Gasteiger charge is 2.51. The SMILES string of the molecule is CC1(C)OB(c2cncc(C3COCCO3)c2)OC1(C)C. The first kappa shape index (κ1) is 15.0. The monoisotopic (exact) mass is 291 g/mol. The molecule has 114 valence electrons. The summed E-state index contributed by atoms with van der Waals surface area (Å²) in [7, 11) is -0.396. The molecule has 1 aromatic heterocycles. The zero-order chi connectivity index (χ0) is 15.1. The number of nitrogens with zero attached hydrogens (tertiary/aromatic N) is 1. The van der Waals surface area contributed by atoms with Gasteiger partial charge in [-0.2, -0.15) is 0 Å². The van der Waals surface area contributed by atoms with Gasteiger partial charge in [0.05, 0.1) is 31.0 Å². The maximum absolute atomic E-state index is 6.06. The standard InChI is InChI=1S/C15H22BNO4/c1-14(2)15(3,4)21-16(20-14)12-7-11(8-17-9-12)13-10-18-5-6-19-13/h7-9,13H,5-6,10H2,1-4H3. The minimum Gasteiger partial charge on any atom is -0.399 e. The Balaban J connectivity index is 1.81. The van der Waals surface area contributed by atoms with E-state index >= 15 is 0 Å². The van der Waals surface area contributed by atoms with Crippen LogP contribution in [0.15, 0.2) is 18.5 Å². The molecular weight excluding hydrogens is 269 g/mol. The fraction of sp³-hybridized carbons (Fsp3) is 0.667. The maximum atomic E-state index is 6.06. The van der Waals surface area contributed by atoms with Crippen LogP contribution in [0.25, 0.3) is 0 Å². The minimum absolute atomic E-state index is 0.0615. The van der Waals surface area contributed by atoms with E-state index in [2.05, 4.69) is 4.98 Å². The van der Waals surface area contributed by atoms with Crippen molar-refractivity contribution in [1.29, 1.82) is 0 Å². The number of hydrogen-bond donors (Lipinski definition) is 0. The predicted molar refractivity (Wildman–Crippen MR) is 79.5 cm³/mol. The second-order valence-corrected chi connectivity index (χ2v) is 6.57. The van der Waals surface area contributed by atoms with E-state index in [0.717, 1.165) is 11.0 Å². The summed E-state index contributed by atoms with van der Waals surface area (Å²) in [6.45, 7) is 10.0. The van der Waals surface area contributed by atoms with Gasteiger partial charge in [0.1, 0.15) is 6.10 Å². The van der Waals surface area contributed by atoms with E-state index in [1.807, 2.05) is 40.0 Å². The fourth-order valence-electron chi connectivity index (χ4n) is 2.44. The van der Waals surface area contributed by atoms with Gasteiger partial charge in [-0.25, -0.2) is 0 Å². The van der Waals surface area contributed by atoms with Crippen LogP contribution in [-0.4, -0.2) is 43.1 Å². The van der Waals surface area contributed by atoms with Gasteiger partial charge in [-0.15, -0.1) is 0 Å². The molecule has 2 saturated heterocycles. The molecular formula is C15H22BNO4. The van der Waals surface area contributed by atoms with Crippen molar-refractivity contribution in [2.75, 3.05) is 19.8 Å². The van der Waals surface area contributed by atoms with Gasteiger partial charge >= 0.3 is 7.12 Å². The summed E-state index contributed by atoms with van der Waals surface area (Å²) in [6.07, 6.45) is 3.54. The van der Waals surface area contributed by atoms with E-state index in [1.54, 1.807) is 6.20 Å². The highest BCUT2D eigenvalue weighted by atomic mass is 16.7. The lowest BCUT2D eigenvalue weighted by Gasteiger charge is -2.32. The Morgan fingerprint density at radius 1 is 1.10 bits per heavy atom. The summed E-state index contributed by atoms with van der Waals surface area (Å²) in [6, 6.07) is 2.04. The van der Waals surface area contributed by atoms with Crippen LogP contribution in [0.3, 0.4) is 0 Å². The van der Waals surface area contributed by atoms with Gasteiger partial charge in [-0.3, -0.25) is 4.98 Å². The van der Waals surface area contributed by atoms with Crippen molar-refractivity contribution in [3.63, 3.8) is 0 Å². The van der Waals surface area contributed by atoms with Crippen LogP contribution >= 0.6 is 0 Å². The largest absolute Gasteiger partial charge is 0.496 e. The summed E-state index contributed by atoms with van der Waals surface area (Å²) in [5.74, 6) is 0. The molecule has 2 aliphatic rings. The van der Waals surface area contributed by atoms with Crippen LogP contribution in [0.4, 0.5) is 0 Å². The normalized spacial score (nSPS) is 27.8. The molecule has 0 saturated carbocycles. The average Bonchev–Trinajstić information content (AvgIpc) is 2.69. The molecule has 3 heterocycles. The van der Waals surface area contributed by atoms with Crippen LogP contribution in [0.2, 0.25) is 0 Å². The van der Waals surface area contributed by atoms with Crippen molar-refractivity contribution >= 4 is 12.6 Å². The van der Waals surface area contributed by atoms with Crippen molar-refractivity contribution in [2.24, 2.45) is 0 Å². The first-order chi connectivity index (χ1) is 9.89. The molecule has 1 atom stereocenters. The van der Waals surface area contributed by atoms with Gasteiger partial charge in [-0.05, 0) is 27.7 Å².